The van der Waals surface area contributed by atoms with Gasteiger partial charge in [-0.25, -0.2) is 0 Å². The number of carbonyl (C=O) groups is 1. The molecule has 1 aliphatic carbocycles. The number of methoxy groups -OCH3 is 1. The van der Waals surface area contributed by atoms with Gasteiger partial charge in [0.25, 0.3) is 0 Å². The molecule has 1 aliphatic rings. The van der Waals surface area contributed by atoms with E-state index < -0.39 is 0 Å². The molecule has 2 aromatic rings. The van der Waals surface area contributed by atoms with Crippen LogP contribution in [0.1, 0.15) is 31.2 Å². The van der Waals surface area contributed by atoms with Crippen LogP contribution in [-0.2, 0) is 20.9 Å². The Bertz CT molecular complexity index is 611. The van der Waals surface area contributed by atoms with Crippen molar-refractivity contribution in [3.05, 3.63) is 35.2 Å². The molecule has 0 spiro atoms. The molecule has 0 N–H and O–H groups in total. The van der Waals surface area contributed by atoms with E-state index in [1.165, 1.54) is 22.8 Å². The Hall–Kier alpha value is -1.39. The molecule has 3 rings (SSSR count). The zero-order valence-electron chi connectivity index (χ0n) is 12.2. The van der Waals surface area contributed by atoms with Crippen LogP contribution < -0.4 is 0 Å². The second kappa shape index (κ2) is 6.58. The van der Waals surface area contributed by atoms with Crippen LogP contribution >= 0.6 is 11.3 Å². The molecule has 0 unspecified atom stereocenters. The number of rotatable bonds is 4. The molecule has 0 saturated heterocycles. The topological polar surface area (TPSA) is 35.5 Å². The highest BCUT2D eigenvalue weighted by atomic mass is 32.1. The first kappa shape index (κ1) is 14.5. The number of benzene rings is 1. The molecule has 21 heavy (non-hydrogen) atoms. The van der Waals surface area contributed by atoms with Crippen molar-refractivity contribution in [2.75, 3.05) is 7.11 Å². The molecule has 3 nitrogen and oxygen atoms in total. The molecule has 1 aromatic carbocycles. The number of hydrogen-bond acceptors (Lipinski definition) is 4. The fourth-order valence-corrected chi connectivity index (χ4v) is 3.93. The van der Waals surface area contributed by atoms with Gasteiger partial charge in [0.05, 0.1) is 25.7 Å². The van der Waals surface area contributed by atoms with Crippen LogP contribution in [0.3, 0.4) is 0 Å². The maximum atomic E-state index is 11.5. The summed E-state index contributed by atoms with van der Waals surface area (Å²) in [6, 6.07) is 8.43. The zero-order valence-corrected chi connectivity index (χ0v) is 13.0. The lowest BCUT2D eigenvalue weighted by Gasteiger charge is -2.26. The normalized spacial score (nSPS) is 22.3. The third-order valence-corrected chi connectivity index (χ3v) is 5.26. The average Bonchev–Trinajstić information content (AvgIpc) is 2.96. The summed E-state index contributed by atoms with van der Waals surface area (Å²) in [4.78, 5) is 11.5. The van der Waals surface area contributed by atoms with Gasteiger partial charge in [-0.2, -0.15) is 0 Å². The first-order chi connectivity index (χ1) is 10.3. The Morgan fingerprint density at radius 3 is 2.76 bits per heavy atom. The molecule has 0 bridgehead atoms. The second-order valence-corrected chi connectivity index (χ2v) is 6.48. The number of hydrogen-bond donors (Lipinski definition) is 0. The number of carbonyl (C=O) groups excluding carboxylic acids is 1. The standard InChI is InChI=1S/C17H20O3S/c1-19-17(18)12-6-8-14(9-7-12)20-10-13-11-21-16-5-3-2-4-15(13)16/h2-5,11-12,14H,6-10H2,1H3. The fourth-order valence-electron chi connectivity index (χ4n) is 2.98. The number of thiophene rings is 1. The minimum absolute atomic E-state index is 0.0665. The van der Waals surface area contributed by atoms with Gasteiger partial charge in [-0.1, -0.05) is 18.2 Å². The second-order valence-electron chi connectivity index (χ2n) is 5.56. The van der Waals surface area contributed by atoms with Gasteiger partial charge in [0, 0.05) is 4.70 Å². The van der Waals surface area contributed by atoms with Crippen LogP contribution in [-0.4, -0.2) is 19.2 Å². The summed E-state index contributed by atoms with van der Waals surface area (Å²) in [5.41, 5.74) is 1.27. The van der Waals surface area contributed by atoms with E-state index in [4.69, 9.17) is 9.47 Å². The quantitative estimate of drug-likeness (QED) is 0.796. The van der Waals surface area contributed by atoms with E-state index in [1.54, 1.807) is 11.3 Å². The van der Waals surface area contributed by atoms with Crippen molar-refractivity contribution in [1.82, 2.24) is 0 Å². The van der Waals surface area contributed by atoms with Crippen LogP contribution in [0.5, 0.6) is 0 Å². The van der Waals surface area contributed by atoms with Crippen LogP contribution in [0.15, 0.2) is 29.6 Å². The van der Waals surface area contributed by atoms with Gasteiger partial charge < -0.3 is 9.47 Å². The number of ether oxygens (including phenoxy) is 2. The van der Waals surface area contributed by atoms with Crippen LogP contribution in [0.4, 0.5) is 0 Å². The lowest BCUT2D eigenvalue weighted by Crippen LogP contribution is -2.26. The number of esters is 1. The molecular formula is C17H20O3S. The van der Waals surface area contributed by atoms with E-state index in [-0.39, 0.29) is 18.0 Å². The highest BCUT2D eigenvalue weighted by Crippen LogP contribution is 2.30. The van der Waals surface area contributed by atoms with Crippen molar-refractivity contribution in [2.24, 2.45) is 5.92 Å². The van der Waals surface area contributed by atoms with Gasteiger partial charge >= 0.3 is 5.97 Å². The van der Waals surface area contributed by atoms with Crippen LogP contribution in [0.25, 0.3) is 10.1 Å². The van der Waals surface area contributed by atoms with Crippen molar-refractivity contribution in [3.63, 3.8) is 0 Å². The smallest absolute Gasteiger partial charge is 0.308 e. The van der Waals surface area contributed by atoms with Gasteiger partial charge in [0.15, 0.2) is 0 Å². The SMILES string of the molecule is COC(=O)C1CCC(OCc2csc3ccccc23)CC1. The molecule has 0 aliphatic heterocycles. The van der Waals surface area contributed by atoms with Crippen molar-refractivity contribution < 1.29 is 14.3 Å². The Kier molecular flexibility index (Phi) is 4.56. The predicted octanol–water partition coefficient (Wildman–Crippen LogP) is 4.15. The third kappa shape index (κ3) is 3.27. The summed E-state index contributed by atoms with van der Waals surface area (Å²) in [7, 11) is 1.46. The molecule has 1 aromatic heterocycles. The van der Waals surface area contributed by atoms with E-state index in [1.807, 2.05) is 0 Å². The Morgan fingerprint density at radius 1 is 1.24 bits per heavy atom. The molecule has 1 fully saturated rings. The Balaban J connectivity index is 1.54. The summed E-state index contributed by atoms with van der Waals surface area (Å²) >= 11 is 1.77. The first-order valence-corrected chi connectivity index (χ1v) is 8.30. The summed E-state index contributed by atoms with van der Waals surface area (Å²) < 4.78 is 12.2. The monoisotopic (exact) mass is 304 g/mol. The summed E-state index contributed by atoms with van der Waals surface area (Å²) in [6.45, 7) is 0.664. The van der Waals surface area contributed by atoms with Crippen LogP contribution in [0, 0.1) is 5.92 Å². The molecular weight excluding hydrogens is 284 g/mol. The molecule has 112 valence electrons. The molecule has 0 radical (unpaired) electrons. The van der Waals surface area contributed by atoms with Crippen molar-refractivity contribution >= 4 is 27.4 Å². The van der Waals surface area contributed by atoms with Crippen molar-refractivity contribution in [1.29, 1.82) is 0 Å². The van der Waals surface area contributed by atoms with Crippen molar-refractivity contribution in [3.8, 4) is 0 Å². The fraction of sp³-hybridized carbons (Fsp3) is 0.471. The van der Waals surface area contributed by atoms with E-state index >= 15 is 0 Å². The maximum Gasteiger partial charge on any atom is 0.308 e. The molecule has 0 atom stereocenters. The van der Waals surface area contributed by atoms with Crippen molar-refractivity contribution in [2.45, 2.75) is 38.4 Å². The summed E-state index contributed by atoms with van der Waals surface area (Å²) in [5, 5.41) is 3.48. The highest BCUT2D eigenvalue weighted by molar-refractivity contribution is 7.17. The Morgan fingerprint density at radius 2 is 2.00 bits per heavy atom. The van der Waals surface area contributed by atoms with Gasteiger partial charge in [0.1, 0.15) is 0 Å². The lowest BCUT2D eigenvalue weighted by molar-refractivity contribution is -0.147. The van der Waals surface area contributed by atoms with Gasteiger partial charge in [-0.3, -0.25) is 4.79 Å². The van der Waals surface area contributed by atoms with E-state index in [0.717, 1.165) is 25.7 Å². The van der Waals surface area contributed by atoms with E-state index in [0.29, 0.717) is 6.61 Å². The Labute approximate surface area is 128 Å². The predicted molar refractivity (Wildman–Crippen MR) is 84.4 cm³/mol. The van der Waals surface area contributed by atoms with E-state index in [2.05, 4.69) is 29.6 Å². The van der Waals surface area contributed by atoms with Gasteiger partial charge in [0.2, 0.25) is 0 Å². The third-order valence-electron chi connectivity index (χ3n) is 4.24. The largest absolute Gasteiger partial charge is 0.469 e. The lowest BCUT2D eigenvalue weighted by atomic mass is 9.87. The van der Waals surface area contributed by atoms with Gasteiger partial charge in [-0.05, 0) is 48.1 Å². The van der Waals surface area contributed by atoms with Crippen LogP contribution in [0.2, 0.25) is 0 Å². The summed E-state index contributed by atoms with van der Waals surface area (Å²) in [6.07, 6.45) is 3.91. The highest BCUT2D eigenvalue weighted by Gasteiger charge is 2.27. The molecule has 4 heteroatoms. The zero-order chi connectivity index (χ0) is 14.7. The molecule has 1 heterocycles. The van der Waals surface area contributed by atoms with E-state index in [9.17, 15) is 4.79 Å². The minimum Gasteiger partial charge on any atom is -0.469 e. The average molecular weight is 304 g/mol. The number of fused-ring (bicyclic) bond motifs is 1. The van der Waals surface area contributed by atoms with Gasteiger partial charge in [-0.15, -0.1) is 11.3 Å². The first-order valence-electron chi connectivity index (χ1n) is 7.42. The molecule has 1 saturated carbocycles. The molecule has 0 amide bonds. The maximum absolute atomic E-state index is 11.5. The minimum atomic E-state index is -0.0720. The summed E-state index contributed by atoms with van der Waals surface area (Å²) in [5.74, 6) is -0.00546.